The number of hydrogen-bond acceptors (Lipinski definition) is 4. The van der Waals surface area contributed by atoms with Crippen LogP contribution >= 0.6 is 0 Å². The van der Waals surface area contributed by atoms with Gasteiger partial charge < -0.3 is 22.6 Å². The summed E-state index contributed by atoms with van der Waals surface area (Å²) in [5.74, 6) is 0. The topological polar surface area (TPSA) is 102 Å². The molecule has 0 amide bonds. The van der Waals surface area contributed by atoms with Gasteiger partial charge in [-0.05, 0) is 19.3 Å². The van der Waals surface area contributed by atoms with Gasteiger partial charge in [0.2, 0.25) is 0 Å². The molecule has 0 radical (unpaired) electrons. The molecular weight excluding hydrogens is 152 g/mol. The lowest BCUT2D eigenvalue weighted by Crippen LogP contribution is -2.29. The number of nitrogens with two attached hydrogens (primary N) is 3. The second-order valence-corrected chi connectivity index (χ2v) is 3.05. The molecule has 1 unspecified atom stereocenters. The first kappa shape index (κ1) is 11.6. The van der Waals surface area contributed by atoms with E-state index in [1.54, 1.807) is 0 Å². The zero-order valence-electron chi connectivity index (χ0n) is 7.55. The first-order chi connectivity index (χ1) is 5.70. The zero-order chi connectivity index (χ0) is 9.40. The molecule has 4 nitrogen and oxygen atoms in total. The van der Waals surface area contributed by atoms with Crippen molar-refractivity contribution in [3.63, 3.8) is 0 Å². The van der Waals surface area contributed by atoms with Crippen LogP contribution in [0, 0.1) is 5.41 Å². The molecule has 0 saturated carbocycles. The van der Waals surface area contributed by atoms with Gasteiger partial charge in [0.05, 0.1) is 0 Å². The Morgan fingerprint density at radius 3 is 2.42 bits per heavy atom. The molecule has 0 spiro atoms. The number of hydrogen-bond donors (Lipinski definition) is 4. The van der Waals surface area contributed by atoms with Crippen molar-refractivity contribution in [2.45, 2.75) is 31.7 Å². The smallest absolute Gasteiger partial charge is 0.0307 e. The first-order valence-electron chi connectivity index (χ1n) is 4.42. The molecule has 0 aromatic heterocycles. The summed E-state index contributed by atoms with van der Waals surface area (Å²) in [6.07, 6.45) is 3.80. The Hall–Kier alpha value is -0.450. The quantitative estimate of drug-likeness (QED) is 0.316. The third-order valence-electron chi connectivity index (χ3n) is 1.85. The Kier molecular flexibility index (Phi) is 6.94. The molecular formula is C8H20N4. The normalized spacial score (nSPS) is 12.9. The average molecular weight is 172 g/mol. The molecule has 1 atom stereocenters. The molecule has 0 aromatic carbocycles. The molecule has 0 bridgehead atoms. The Morgan fingerprint density at radius 1 is 1.25 bits per heavy atom. The van der Waals surface area contributed by atoms with Gasteiger partial charge in [-0.15, -0.1) is 0 Å². The lowest BCUT2D eigenvalue weighted by molar-refractivity contribution is 0.576. The van der Waals surface area contributed by atoms with Crippen molar-refractivity contribution >= 4 is 5.71 Å². The summed E-state index contributed by atoms with van der Waals surface area (Å²) < 4.78 is 0. The van der Waals surface area contributed by atoms with E-state index in [4.69, 9.17) is 22.6 Å². The van der Waals surface area contributed by atoms with Crippen LogP contribution in [0.25, 0.3) is 0 Å². The van der Waals surface area contributed by atoms with E-state index in [9.17, 15) is 0 Å². The molecule has 0 aliphatic rings. The highest BCUT2D eigenvalue weighted by molar-refractivity contribution is 5.82. The van der Waals surface area contributed by atoms with E-state index < -0.39 is 0 Å². The van der Waals surface area contributed by atoms with Crippen LogP contribution in [0.1, 0.15) is 25.7 Å². The Labute approximate surface area is 74.0 Å². The van der Waals surface area contributed by atoms with Gasteiger partial charge in [0.15, 0.2) is 0 Å². The van der Waals surface area contributed by atoms with E-state index in [0.29, 0.717) is 18.8 Å². The number of unbranched alkanes of at least 4 members (excludes halogenated alkanes) is 1. The molecule has 7 N–H and O–H groups in total. The maximum atomic E-state index is 7.29. The maximum Gasteiger partial charge on any atom is 0.0307 e. The fraction of sp³-hybridized carbons (Fsp3) is 0.875. The second-order valence-electron chi connectivity index (χ2n) is 3.05. The first-order valence-corrected chi connectivity index (χ1v) is 4.42. The molecule has 0 saturated heterocycles. The van der Waals surface area contributed by atoms with Gasteiger partial charge in [-0.1, -0.05) is 6.42 Å². The molecule has 72 valence electrons. The van der Waals surface area contributed by atoms with E-state index in [1.165, 1.54) is 0 Å². The van der Waals surface area contributed by atoms with E-state index in [1.807, 2.05) is 0 Å². The second kappa shape index (κ2) is 7.21. The van der Waals surface area contributed by atoms with Crippen LogP contribution in [-0.4, -0.2) is 24.8 Å². The van der Waals surface area contributed by atoms with Gasteiger partial charge in [0.25, 0.3) is 0 Å². The monoisotopic (exact) mass is 172 g/mol. The van der Waals surface area contributed by atoms with Crippen LogP contribution in [0.2, 0.25) is 0 Å². The van der Waals surface area contributed by atoms with Gasteiger partial charge >= 0.3 is 0 Å². The van der Waals surface area contributed by atoms with E-state index in [-0.39, 0.29) is 6.04 Å². The predicted molar refractivity (Wildman–Crippen MR) is 52.3 cm³/mol. The Bertz CT molecular complexity index is 124. The maximum absolute atomic E-state index is 7.29. The van der Waals surface area contributed by atoms with Gasteiger partial charge in [0, 0.05) is 24.8 Å². The molecule has 0 heterocycles. The standard InChI is InChI=1S/C8H20N4/c9-5-7(11)3-1-2-4-8(12)6-10/h7,12H,1-6,9-11H2. The SMILES string of the molecule is N=C(CN)CCCCC(N)CN. The van der Waals surface area contributed by atoms with Crippen LogP contribution in [0.3, 0.4) is 0 Å². The van der Waals surface area contributed by atoms with Crippen molar-refractivity contribution in [2.75, 3.05) is 13.1 Å². The fourth-order valence-corrected chi connectivity index (χ4v) is 0.965. The van der Waals surface area contributed by atoms with Crippen molar-refractivity contribution in [3.05, 3.63) is 0 Å². The molecule has 0 fully saturated rings. The molecule has 0 aliphatic heterocycles. The van der Waals surface area contributed by atoms with E-state index >= 15 is 0 Å². The minimum atomic E-state index is 0.122. The minimum Gasteiger partial charge on any atom is -0.329 e. The van der Waals surface area contributed by atoms with Crippen molar-refractivity contribution in [2.24, 2.45) is 17.2 Å². The van der Waals surface area contributed by atoms with Crippen molar-refractivity contribution in [3.8, 4) is 0 Å². The minimum absolute atomic E-state index is 0.122. The third-order valence-corrected chi connectivity index (χ3v) is 1.85. The highest BCUT2D eigenvalue weighted by Gasteiger charge is 1.99. The fourth-order valence-electron chi connectivity index (χ4n) is 0.965. The summed E-state index contributed by atoms with van der Waals surface area (Å²) in [6, 6.07) is 0.122. The predicted octanol–water partition coefficient (Wildman–Crippen LogP) is -0.189. The van der Waals surface area contributed by atoms with Crippen LogP contribution in [0.4, 0.5) is 0 Å². The Morgan fingerprint density at radius 2 is 1.92 bits per heavy atom. The lowest BCUT2D eigenvalue weighted by atomic mass is 10.1. The summed E-state index contributed by atoms with van der Waals surface area (Å²) in [6.45, 7) is 0.928. The Balaban J connectivity index is 3.15. The summed E-state index contributed by atoms with van der Waals surface area (Å²) in [4.78, 5) is 0. The summed E-state index contributed by atoms with van der Waals surface area (Å²) in [5.41, 5.74) is 16.9. The van der Waals surface area contributed by atoms with E-state index in [0.717, 1.165) is 25.7 Å². The average Bonchev–Trinajstić information content (AvgIpc) is 2.11. The van der Waals surface area contributed by atoms with Gasteiger partial charge in [-0.2, -0.15) is 0 Å². The third kappa shape index (κ3) is 6.27. The molecule has 4 heteroatoms. The number of nitrogens with one attached hydrogen (secondary N) is 1. The largest absolute Gasteiger partial charge is 0.329 e. The van der Waals surface area contributed by atoms with Crippen molar-refractivity contribution < 1.29 is 0 Å². The van der Waals surface area contributed by atoms with E-state index in [2.05, 4.69) is 0 Å². The van der Waals surface area contributed by atoms with Gasteiger partial charge in [-0.3, -0.25) is 0 Å². The van der Waals surface area contributed by atoms with Gasteiger partial charge in [0.1, 0.15) is 0 Å². The molecule has 0 rings (SSSR count). The van der Waals surface area contributed by atoms with Gasteiger partial charge in [-0.25, -0.2) is 0 Å². The van der Waals surface area contributed by atoms with Crippen LogP contribution < -0.4 is 17.2 Å². The highest BCUT2D eigenvalue weighted by atomic mass is 14.7. The molecule has 12 heavy (non-hydrogen) atoms. The van der Waals surface area contributed by atoms with Crippen molar-refractivity contribution in [1.82, 2.24) is 0 Å². The highest BCUT2D eigenvalue weighted by Crippen LogP contribution is 2.01. The molecule has 0 aliphatic carbocycles. The summed E-state index contributed by atoms with van der Waals surface area (Å²) >= 11 is 0. The lowest BCUT2D eigenvalue weighted by Gasteiger charge is -2.07. The van der Waals surface area contributed by atoms with Crippen LogP contribution in [0.15, 0.2) is 0 Å². The summed E-state index contributed by atoms with van der Waals surface area (Å²) in [5, 5.41) is 7.29. The molecule has 0 aromatic rings. The zero-order valence-corrected chi connectivity index (χ0v) is 7.55. The van der Waals surface area contributed by atoms with Crippen LogP contribution in [0.5, 0.6) is 0 Å². The number of rotatable bonds is 7. The summed E-state index contributed by atoms with van der Waals surface area (Å²) in [7, 11) is 0. The van der Waals surface area contributed by atoms with Crippen molar-refractivity contribution in [1.29, 1.82) is 5.41 Å². The van der Waals surface area contributed by atoms with Crippen LogP contribution in [-0.2, 0) is 0 Å².